The van der Waals surface area contributed by atoms with Gasteiger partial charge in [-0.3, -0.25) is 0 Å². The molecule has 0 unspecified atom stereocenters. The fourth-order valence-corrected chi connectivity index (χ4v) is 2.66. The van der Waals surface area contributed by atoms with Crippen LogP contribution in [0.4, 0.5) is 9.18 Å². The number of rotatable bonds is 3. The normalized spacial score (nSPS) is 24.1. The molecule has 0 aliphatic carbocycles. The maximum absolute atomic E-state index is 13.8. The van der Waals surface area contributed by atoms with Crippen molar-refractivity contribution in [2.24, 2.45) is 0 Å². The van der Waals surface area contributed by atoms with Gasteiger partial charge in [0.15, 0.2) is 0 Å². The number of aliphatic hydroxyl groups excluding tert-OH is 1. The Morgan fingerprint density at radius 3 is 2.65 bits per heavy atom. The number of carbonyl (C=O) groups excluding carboxylic acids is 1. The lowest BCUT2D eigenvalue weighted by molar-refractivity contribution is -0.105. The maximum Gasteiger partial charge on any atom is 0.410 e. The Kier molecular flexibility index (Phi) is 5.44. The molecule has 0 aromatic heterocycles. The first-order valence-electron chi connectivity index (χ1n) is 8.21. The molecule has 2 N–H and O–H groups in total. The predicted molar refractivity (Wildman–Crippen MR) is 90.0 cm³/mol. The van der Waals surface area contributed by atoms with Crippen LogP contribution >= 0.6 is 0 Å². The molecule has 1 amide bonds. The minimum Gasteiger partial charge on any atom is -0.485 e. The predicted octanol–water partition coefficient (Wildman–Crippen LogP) is 1.81. The van der Waals surface area contributed by atoms with Gasteiger partial charge in [-0.2, -0.15) is 5.26 Å². The monoisotopic (exact) mass is 366 g/mol. The number of likely N-dealkylation sites (tertiary alicyclic amines) is 1. The molecule has 0 radical (unpaired) electrons. The van der Waals surface area contributed by atoms with Crippen LogP contribution in [0.15, 0.2) is 18.2 Å². The van der Waals surface area contributed by atoms with E-state index in [-0.39, 0.29) is 24.4 Å². The number of benzene rings is 1. The summed E-state index contributed by atoms with van der Waals surface area (Å²) in [6.07, 6.45) is -2.85. The van der Waals surface area contributed by atoms with Crippen LogP contribution in [0.2, 0.25) is 0 Å². The number of carbonyl (C=O) groups is 1. The van der Waals surface area contributed by atoms with Crippen molar-refractivity contribution in [3.63, 3.8) is 0 Å². The molecule has 142 valence electrons. The first-order valence-corrected chi connectivity index (χ1v) is 8.21. The van der Waals surface area contributed by atoms with Gasteiger partial charge in [0.05, 0.1) is 24.8 Å². The number of hydrogen-bond donors (Lipinski definition) is 2. The molecular formula is C18H23FN2O5. The number of halogens is 1. The van der Waals surface area contributed by atoms with Crippen molar-refractivity contribution in [2.45, 2.75) is 51.1 Å². The van der Waals surface area contributed by atoms with Gasteiger partial charge in [-0.05, 0) is 39.8 Å². The van der Waals surface area contributed by atoms with Gasteiger partial charge in [-0.15, -0.1) is 0 Å². The summed E-state index contributed by atoms with van der Waals surface area (Å²) in [6.45, 7) is 6.30. The summed E-state index contributed by atoms with van der Waals surface area (Å²) in [4.78, 5) is 13.5. The van der Waals surface area contributed by atoms with Crippen molar-refractivity contribution in [1.29, 1.82) is 5.26 Å². The second-order valence-electron chi connectivity index (χ2n) is 7.39. The average molecular weight is 366 g/mol. The van der Waals surface area contributed by atoms with Crippen LogP contribution in [0.3, 0.4) is 0 Å². The van der Waals surface area contributed by atoms with E-state index in [1.807, 2.05) is 0 Å². The molecule has 0 spiro atoms. The summed E-state index contributed by atoms with van der Waals surface area (Å²) in [7, 11) is 0. The number of β-amino-alcohol motifs (C(OH)–C–C–N with tert-alkyl or cyclic N) is 1. The second kappa shape index (κ2) is 7.09. The fraction of sp³-hybridized carbons (Fsp3) is 0.556. The maximum atomic E-state index is 13.8. The molecule has 7 nitrogen and oxygen atoms in total. The van der Waals surface area contributed by atoms with Gasteiger partial charge in [-0.25, -0.2) is 9.18 Å². The molecule has 1 saturated heterocycles. The van der Waals surface area contributed by atoms with E-state index in [9.17, 15) is 19.4 Å². The standard InChI is InChI=1S/C18H23FN2O5/c1-11(22)18(24)10-21(16(23)26-17(2,3)4)9-15(18)25-13-6-5-12(8-20)14(19)7-13/h5-7,11,15,22,24H,9-10H2,1-4H3/t11-,15-,18+/m0/s1. The number of nitriles is 1. The summed E-state index contributed by atoms with van der Waals surface area (Å²) < 4.78 is 24.7. The minimum absolute atomic E-state index is 0.0437. The molecule has 1 aromatic carbocycles. The molecule has 1 aromatic rings. The molecule has 1 fully saturated rings. The van der Waals surface area contributed by atoms with Gasteiger partial charge < -0.3 is 24.6 Å². The lowest BCUT2D eigenvalue weighted by Gasteiger charge is -2.31. The third-order valence-corrected chi connectivity index (χ3v) is 4.10. The second-order valence-corrected chi connectivity index (χ2v) is 7.39. The minimum atomic E-state index is -1.75. The SMILES string of the molecule is C[C@H](O)[C@]1(O)CN(C(=O)OC(C)(C)C)C[C@@H]1Oc1ccc(C#N)c(F)c1. The zero-order chi connectivity index (χ0) is 19.7. The van der Waals surface area contributed by atoms with E-state index in [1.165, 1.54) is 24.0 Å². The fourth-order valence-electron chi connectivity index (χ4n) is 2.66. The first-order chi connectivity index (χ1) is 12.0. The Morgan fingerprint density at radius 1 is 1.50 bits per heavy atom. The van der Waals surface area contributed by atoms with E-state index in [2.05, 4.69) is 0 Å². The molecular weight excluding hydrogens is 343 g/mol. The van der Waals surface area contributed by atoms with E-state index < -0.39 is 35.3 Å². The van der Waals surface area contributed by atoms with E-state index >= 15 is 0 Å². The Balaban J connectivity index is 2.21. The smallest absolute Gasteiger partial charge is 0.410 e. The quantitative estimate of drug-likeness (QED) is 0.846. The zero-order valence-corrected chi connectivity index (χ0v) is 15.2. The highest BCUT2D eigenvalue weighted by atomic mass is 19.1. The summed E-state index contributed by atoms with van der Waals surface area (Å²) in [5.74, 6) is -0.677. The van der Waals surface area contributed by atoms with Gasteiger partial charge in [0.1, 0.15) is 34.9 Å². The van der Waals surface area contributed by atoms with Crippen molar-refractivity contribution in [1.82, 2.24) is 4.90 Å². The molecule has 1 aliphatic rings. The van der Waals surface area contributed by atoms with Crippen LogP contribution in [0.1, 0.15) is 33.3 Å². The van der Waals surface area contributed by atoms with Gasteiger partial charge in [0.2, 0.25) is 0 Å². The van der Waals surface area contributed by atoms with Crippen LogP contribution in [-0.4, -0.2) is 57.7 Å². The molecule has 0 bridgehead atoms. The number of nitrogens with zero attached hydrogens (tertiary/aromatic N) is 2. The van der Waals surface area contributed by atoms with E-state index in [4.69, 9.17) is 14.7 Å². The Hall–Kier alpha value is -2.37. The summed E-state index contributed by atoms with van der Waals surface area (Å²) in [5.41, 5.74) is -2.60. The lowest BCUT2D eigenvalue weighted by atomic mass is 9.94. The third-order valence-electron chi connectivity index (χ3n) is 4.10. The highest BCUT2D eigenvalue weighted by Gasteiger charge is 2.52. The van der Waals surface area contributed by atoms with Crippen LogP contribution in [0.25, 0.3) is 0 Å². The molecule has 26 heavy (non-hydrogen) atoms. The lowest BCUT2D eigenvalue weighted by Crippen LogP contribution is -2.53. The number of ether oxygens (including phenoxy) is 2. The van der Waals surface area contributed by atoms with E-state index in [1.54, 1.807) is 26.8 Å². The van der Waals surface area contributed by atoms with Gasteiger partial charge in [-0.1, -0.05) is 0 Å². The first kappa shape index (κ1) is 19.9. The van der Waals surface area contributed by atoms with E-state index in [0.717, 1.165) is 6.07 Å². The largest absolute Gasteiger partial charge is 0.485 e. The van der Waals surface area contributed by atoms with Crippen molar-refractivity contribution in [3.8, 4) is 11.8 Å². The van der Waals surface area contributed by atoms with Gasteiger partial charge in [0, 0.05) is 6.07 Å². The average Bonchev–Trinajstić information content (AvgIpc) is 2.84. The molecule has 2 rings (SSSR count). The number of amides is 1. The Bertz CT molecular complexity index is 725. The summed E-state index contributed by atoms with van der Waals surface area (Å²) in [5, 5.41) is 29.6. The Morgan fingerprint density at radius 2 is 2.15 bits per heavy atom. The molecule has 0 saturated carbocycles. The number of hydrogen-bond acceptors (Lipinski definition) is 6. The van der Waals surface area contributed by atoms with Crippen LogP contribution in [0.5, 0.6) is 5.75 Å². The van der Waals surface area contributed by atoms with E-state index in [0.29, 0.717) is 0 Å². The van der Waals surface area contributed by atoms with Crippen LogP contribution < -0.4 is 4.74 Å². The molecule has 8 heteroatoms. The third kappa shape index (κ3) is 4.23. The summed E-state index contributed by atoms with van der Waals surface area (Å²) in [6, 6.07) is 5.38. The zero-order valence-electron chi connectivity index (χ0n) is 15.2. The van der Waals surface area contributed by atoms with Crippen molar-refractivity contribution in [3.05, 3.63) is 29.6 Å². The summed E-state index contributed by atoms with van der Waals surface area (Å²) >= 11 is 0. The van der Waals surface area contributed by atoms with Crippen LogP contribution in [-0.2, 0) is 4.74 Å². The number of aliphatic hydroxyl groups is 2. The van der Waals surface area contributed by atoms with Crippen molar-refractivity contribution in [2.75, 3.05) is 13.1 Å². The Labute approximate surface area is 151 Å². The van der Waals surface area contributed by atoms with Crippen LogP contribution in [0, 0.1) is 17.1 Å². The van der Waals surface area contributed by atoms with Gasteiger partial charge >= 0.3 is 6.09 Å². The molecule has 3 atom stereocenters. The van der Waals surface area contributed by atoms with Crippen molar-refractivity contribution >= 4 is 6.09 Å². The molecule has 1 aliphatic heterocycles. The van der Waals surface area contributed by atoms with Crippen molar-refractivity contribution < 1.29 is 28.9 Å². The topological polar surface area (TPSA) is 103 Å². The van der Waals surface area contributed by atoms with Gasteiger partial charge in [0.25, 0.3) is 0 Å². The highest BCUT2D eigenvalue weighted by Crippen LogP contribution is 2.31. The highest BCUT2D eigenvalue weighted by molar-refractivity contribution is 5.69. The molecule has 1 heterocycles.